The molecule has 0 radical (unpaired) electrons. The average molecular weight is 374 g/mol. The highest BCUT2D eigenvalue weighted by atomic mass is 15.1. The molecule has 0 aliphatic heterocycles. The first kappa shape index (κ1) is 21.1. The largest absolute Gasteiger partial charge is 0.368 e. The quantitative estimate of drug-likeness (QED) is 0.516. The van der Waals surface area contributed by atoms with Gasteiger partial charge in [-0.05, 0) is 13.3 Å². The molecule has 7 heteroatoms. The molecule has 7 nitrogen and oxygen atoms in total. The third-order valence-electron chi connectivity index (χ3n) is 4.78. The van der Waals surface area contributed by atoms with Crippen LogP contribution < -0.4 is 11.5 Å². The Hall–Kier alpha value is -2.18. The summed E-state index contributed by atoms with van der Waals surface area (Å²) in [6.07, 6.45) is 15.8. The molecular formula is C20H35N7. The van der Waals surface area contributed by atoms with Crippen LogP contribution in [0.4, 0.5) is 11.9 Å². The first-order valence-electron chi connectivity index (χ1n) is 10.4. The lowest BCUT2D eigenvalue weighted by Crippen LogP contribution is -2.11. The van der Waals surface area contributed by atoms with E-state index in [2.05, 4.69) is 37.6 Å². The van der Waals surface area contributed by atoms with Crippen LogP contribution in [0.25, 0.3) is 0 Å². The SMILES string of the molecule is CCCCCCCCCCCc1nc(C)cn1CCc1nc(N)nc(N)n1. The van der Waals surface area contributed by atoms with E-state index < -0.39 is 0 Å². The van der Waals surface area contributed by atoms with Gasteiger partial charge in [0.15, 0.2) is 0 Å². The van der Waals surface area contributed by atoms with Crippen molar-refractivity contribution in [1.29, 1.82) is 0 Å². The second kappa shape index (κ2) is 11.5. The topological polar surface area (TPSA) is 109 Å². The van der Waals surface area contributed by atoms with Crippen LogP contribution in [0.15, 0.2) is 6.20 Å². The smallest absolute Gasteiger partial charge is 0.225 e. The van der Waals surface area contributed by atoms with Crippen molar-refractivity contribution in [2.45, 2.75) is 91.0 Å². The number of nitrogens with zero attached hydrogens (tertiary/aromatic N) is 5. The number of aryl methyl sites for hydroxylation is 4. The number of nitrogens with two attached hydrogens (primary N) is 2. The number of rotatable bonds is 13. The Morgan fingerprint density at radius 3 is 2.00 bits per heavy atom. The highest BCUT2D eigenvalue weighted by Crippen LogP contribution is 2.13. The fraction of sp³-hybridized carbons (Fsp3) is 0.700. The lowest BCUT2D eigenvalue weighted by molar-refractivity contribution is 0.553. The first-order chi connectivity index (χ1) is 13.1. The summed E-state index contributed by atoms with van der Waals surface area (Å²) in [6.45, 7) is 5.08. The zero-order valence-electron chi connectivity index (χ0n) is 17.0. The van der Waals surface area contributed by atoms with Crippen molar-refractivity contribution in [2.75, 3.05) is 11.5 Å². The summed E-state index contributed by atoms with van der Waals surface area (Å²) >= 11 is 0. The second-order valence-electron chi connectivity index (χ2n) is 7.29. The van der Waals surface area contributed by atoms with Crippen molar-refractivity contribution in [1.82, 2.24) is 24.5 Å². The summed E-state index contributed by atoms with van der Waals surface area (Å²) in [5.74, 6) is 2.12. The molecule has 0 aliphatic rings. The van der Waals surface area contributed by atoms with Crippen molar-refractivity contribution >= 4 is 11.9 Å². The number of aromatic nitrogens is 5. The van der Waals surface area contributed by atoms with E-state index in [9.17, 15) is 0 Å². The van der Waals surface area contributed by atoms with Crippen LogP contribution in [0, 0.1) is 6.92 Å². The summed E-state index contributed by atoms with van der Waals surface area (Å²) in [4.78, 5) is 16.8. The molecule has 2 aromatic rings. The molecule has 0 aliphatic carbocycles. The van der Waals surface area contributed by atoms with Gasteiger partial charge in [-0.25, -0.2) is 4.98 Å². The van der Waals surface area contributed by atoms with Crippen LogP contribution in [0.2, 0.25) is 0 Å². The van der Waals surface area contributed by atoms with Gasteiger partial charge in [0.25, 0.3) is 0 Å². The average Bonchev–Trinajstić information content (AvgIpc) is 2.97. The van der Waals surface area contributed by atoms with Crippen LogP contribution in [0.1, 0.15) is 82.1 Å². The van der Waals surface area contributed by atoms with Crippen LogP contribution in [0.5, 0.6) is 0 Å². The zero-order valence-corrected chi connectivity index (χ0v) is 17.0. The standard InChI is InChI=1S/C20H35N7/c1-3-4-5-6-7-8-9-10-11-12-18-23-16(2)15-27(18)14-13-17-24-19(21)26-20(22)25-17/h15H,3-14H2,1-2H3,(H4,21,22,24,25,26). The molecule has 0 fully saturated rings. The predicted molar refractivity (Wildman–Crippen MR) is 110 cm³/mol. The van der Waals surface area contributed by atoms with Crippen LogP contribution in [-0.4, -0.2) is 24.5 Å². The molecule has 0 aromatic carbocycles. The lowest BCUT2D eigenvalue weighted by Gasteiger charge is -2.08. The Morgan fingerprint density at radius 2 is 1.37 bits per heavy atom. The number of nitrogen functional groups attached to an aromatic ring is 2. The summed E-state index contributed by atoms with van der Waals surface area (Å²) in [5, 5.41) is 0. The van der Waals surface area contributed by atoms with E-state index in [0.29, 0.717) is 12.2 Å². The molecule has 27 heavy (non-hydrogen) atoms. The van der Waals surface area contributed by atoms with E-state index >= 15 is 0 Å². The highest BCUT2D eigenvalue weighted by molar-refractivity contribution is 5.25. The normalized spacial score (nSPS) is 11.2. The lowest BCUT2D eigenvalue weighted by atomic mass is 10.1. The van der Waals surface area contributed by atoms with Gasteiger partial charge in [0.05, 0.1) is 5.69 Å². The summed E-state index contributed by atoms with van der Waals surface area (Å²) in [6, 6.07) is 0. The number of imidazole rings is 1. The number of hydrogen-bond donors (Lipinski definition) is 2. The second-order valence-corrected chi connectivity index (χ2v) is 7.29. The minimum atomic E-state index is 0.175. The number of anilines is 2. The third kappa shape index (κ3) is 7.93. The predicted octanol–water partition coefficient (Wildman–Crippen LogP) is 3.86. The van der Waals surface area contributed by atoms with Crippen molar-refractivity contribution in [3.05, 3.63) is 23.5 Å². The van der Waals surface area contributed by atoms with Gasteiger partial charge >= 0.3 is 0 Å². The van der Waals surface area contributed by atoms with Gasteiger partial charge in [0, 0.05) is 25.6 Å². The van der Waals surface area contributed by atoms with Gasteiger partial charge in [0.1, 0.15) is 11.6 Å². The molecule has 4 N–H and O–H groups in total. The first-order valence-corrected chi connectivity index (χ1v) is 10.4. The fourth-order valence-electron chi connectivity index (χ4n) is 3.37. The van der Waals surface area contributed by atoms with E-state index in [1.165, 1.54) is 57.8 Å². The van der Waals surface area contributed by atoms with E-state index in [1.807, 2.05) is 6.92 Å². The highest BCUT2D eigenvalue weighted by Gasteiger charge is 2.08. The van der Waals surface area contributed by atoms with Crippen LogP contribution >= 0.6 is 0 Å². The Balaban J connectivity index is 1.71. The van der Waals surface area contributed by atoms with E-state index in [1.54, 1.807) is 0 Å². The van der Waals surface area contributed by atoms with Crippen LogP contribution in [-0.2, 0) is 19.4 Å². The van der Waals surface area contributed by atoms with Gasteiger partial charge in [-0.1, -0.05) is 58.3 Å². The van der Waals surface area contributed by atoms with Crippen molar-refractivity contribution in [3.63, 3.8) is 0 Å². The van der Waals surface area contributed by atoms with Crippen molar-refractivity contribution < 1.29 is 0 Å². The minimum Gasteiger partial charge on any atom is -0.368 e. The maximum atomic E-state index is 5.64. The molecule has 2 rings (SSSR count). The summed E-state index contributed by atoms with van der Waals surface area (Å²) in [5.41, 5.74) is 12.3. The maximum absolute atomic E-state index is 5.64. The van der Waals surface area contributed by atoms with E-state index in [0.717, 1.165) is 24.5 Å². The Morgan fingerprint density at radius 1 is 0.778 bits per heavy atom. The number of unbranched alkanes of at least 4 members (excludes halogenated alkanes) is 8. The molecule has 0 saturated carbocycles. The van der Waals surface area contributed by atoms with Crippen molar-refractivity contribution in [3.8, 4) is 0 Å². The summed E-state index contributed by atoms with van der Waals surface area (Å²) in [7, 11) is 0. The van der Waals surface area contributed by atoms with Crippen molar-refractivity contribution in [2.24, 2.45) is 0 Å². The molecule has 0 spiro atoms. The molecule has 2 heterocycles. The van der Waals surface area contributed by atoms with Crippen LogP contribution in [0.3, 0.4) is 0 Å². The molecule has 150 valence electrons. The van der Waals surface area contributed by atoms with Gasteiger partial charge < -0.3 is 16.0 Å². The zero-order chi connectivity index (χ0) is 19.5. The Kier molecular flexibility index (Phi) is 9.01. The van der Waals surface area contributed by atoms with Gasteiger partial charge in [-0.2, -0.15) is 15.0 Å². The molecule has 2 aromatic heterocycles. The molecule has 0 unspecified atom stereocenters. The van der Waals surface area contributed by atoms with Gasteiger partial charge in [-0.15, -0.1) is 0 Å². The molecular weight excluding hydrogens is 338 g/mol. The van der Waals surface area contributed by atoms with Gasteiger partial charge in [0.2, 0.25) is 11.9 Å². The summed E-state index contributed by atoms with van der Waals surface area (Å²) < 4.78 is 2.20. The molecule has 0 saturated heterocycles. The molecule has 0 amide bonds. The fourth-order valence-corrected chi connectivity index (χ4v) is 3.37. The minimum absolute atomic E-state index is 0.175. The third-order valence-corrected chi connectivity index (χ3v) is 4.78. The Labute approximate surface area is 163 Å². The Bertz CT molecular complexity index is 661. The van der Waals surface area contributed by atoms with E-state index in [-0.39, 0.29) is 11.9 Å². The molecule has 0 atom stereocenters. The van der Waals surface area contributed by atoms with Gasteiger partial charge in [-0.3, -0.25) is 0 Å². The van der Waals surface area contributed by atoms with E-state index in [4.69, 9.17) is 11.5 Å². The monoisotopic (exact) mass is 373 g/mol. The molecule has 0 bridgehead atoms. The number of hydrogen-bond acceptors (Lipinski definition) is 6. The maximum Gasteiger partial charge on any atom is 0.225 e.